The predicted octanol–water partition coefficient (Wildman–Crippen LogP) is 7.94. The highest BCUT2D eigenvalue weighted by atomic mass is 32.2. The van der Waals surface area contributed by atoms with E-state index in [1.54, 1.807) is 0 Å². The van der Waals surface area contributed by atoms with Crippen LogP contribution in [0.1, 0.15) is 39.3 Å². The Labute approximate surface area is 188 Å². The molecule has 0 amide bonds. The first kappa shape index (κ1) is 19.8. The van der Waals surface area contributed by atoms with Crippen molar-refractivity contribution in [2.24, 2.45) is 4.99 Å². The van der Waals surface area contributed by atoms with E-state index < -0.39 is 0 Å². The second-order valence-electron chi connectivity index (χ2n) is 7.93. The van der Waals surface area contributed by atoms with E-state index in [9.17, 15) is 0 Å². The first-order chi connectivity index (χ1) is 15.4. The van der Waals surface area contributed by atoms with Crippen molar-refractivity contribution < 1.29 is 0 Å². The molecule has 1 heterocycles. The molecule has 0 bridgehead atoms. The van der Waals surface area contributed by atoms with E-state index in [0.717, 1.165) is 11.4 Å². The summed E-state index contributed by atoms with van der Waals surface area (Å²) >= 11 is 2.03. The number of hydrogen-bond donors (Lipinski definition) is 0. The third-order valence-corrected chi connectivity index (χ3v) is 7.39. The molecule has 1 nitrogen and oxygen atoms in total. The van der Waals surface area contributed by atoms with Gasteiger partial charge in [-0.25, -0.2) is 0 Å². The van der Waals surface area contributed by atoms with Crippen LogP contribution in [0.5, 0.6) is 0 Å². The number of aliphatic imine (C=N–C) groups is 1. The maximum atomic E-state index is 4.79. The van der Waals surface area contributed by atoms with Gasteiger partial charge in [0.1, 0.15) is 0 Å². The summed E-state index contributed by atoms with van der Waals surface area (Å²) in [6.45, 7) is 0. The smallest absolute Gasteiger partial charge is 0.0664 e. The van der Waals surface area contributed by atoms with Crippen molar-refractivity contribution in [3.8, 4) is 0 Å². The molecule has 152 valence electrons. The van der Waals surface area contributed by atoms with Crippen molar-refractivity contribution in [3.63, 3.8) is 0 Å². The fourth-order valence-corrected chi connectivity index (χ4v) is 5.92. The lowest BCUT2D eigenvalue weighted by Crippen LogP contribution is -2.18. The first-order valence-electron chi connectivity index (χ1n) is 10.8. The van der Waals surface area contributed by atoms with Gasteiger partial charge in [0, 0.05) is 29.1 Å². The zero-order valence-electron chi connectivity index (χ0n) is 17.3. The van der Waals surface area contributed by atoms with Gasteiger partial charge in [-0.05, 0) is 28.3 Å². The third-order valence-electron chi connectivity index (χ3n) is 5.97. The van der Waals surface area contributed by atoms with Crippen LogP contribution in [-0.2, 0) is 5.75 Å². The van der Waals surface area contributed by atoms with E-state index in [4.69, 9.17) is 4.99 Å². The molecule has 2 heteroatoms. The molecule has 1 aliphatic heterocycles. The summed E-state index contributed by atoms with van der Waals surface area (Å²) in [7, 11) is 0. The maximum absolute atomic E-state index is 4.79. The minimum Gasteiger partial charge on any atom is -0.260 e. The van der Waals surface area contributed by atoms with Crippen molar-refractivity contribution in [2.45, 2.75) is 22.8 Å². The molecule has 0 spiro atoms. The van der Waals surface area contributed by atoms with Crippen molar-refractivity contribution >= 4 is 23.7 Å². The van der Waals surface area contributed by atoms with Gasteiger partial charge in [-0.3, -0.25) is 4.99 Å². The Bertz CT molecular complexity index is 1140. The molecular formula is C29H25NS. The Kier molecular flexibility index (Phi) is 5.99. The number of hydrogen-bond acceptors (Lipinski definition) is 2. The van der Waals surface area contributed by atoms with Crippen molar-refractivity contribution in [3.05, 3.63) is 138 Å². The van der Waals surface area contributed by atoms with Gasteiger partial charge >= 0.3 is 0 Å². The number of fused-ring (bicyclic) bond motifs is 1. The summed E-state index contributed by atoms with van der Waals surface area (Å²) in [5.41, 5.74) is 6.53. The van der Waals surface area contributed by atoms with E-state index in [-0.39, 0.29) is 5.92 Å². The average molecular weight is 420 g/mol. The predicted molar refractivity (Wildman–Crippen MR) is 133 cm³/mol. The molecule has 3 atom stereocenters. The second-order valence-corrected chi connectivity index (χ2v) is 9.06. The molecule has 0 aromatic heterocycles. The zero-order valence-corrected chi connectivity index (χ0v) is 18.2. The lowest BCUT2D eigenvalue weighted by molar-refractivity contribution is 0.639. The van der Waals surface area contributed by atoms with Gasteiger partial charge in [0.05, 0.1) is 5.69 Å². The van der Waals surface area contributed by atoms with Gasteiger partial charge in [-0.2, -0.15) is 0 Å². The first-order valence-corrected chi connectivity index (χ1v) is 11.8. The molecular weight excluding hydrogens is 394 g/mol. The number of para-hydroxylation sites is 1. The largest absolute Gasteiger partial charge is 0.260 e. The van der Waals surface area contributed by atoms with Crippen LogP contribution in [-0.4, -0.2) is 6.21 Å². The SMILES string of the molecule is C1=Nc2ccccc2C1[C@@H](c1ccccc1)[C@@H](SCc1ccccc1)c1ccccc1. The molecule has 0 N–H and O–H groups in total. The Morgan fingerprint density at radius 2 is 1.23 bits per heavy atom. The highest BCUT2D eigenvalue weighted by molar-refractivity contribution is 7.98. The van der Waals surface area contributed by atoms with E-state index >= 15 is 0 Å². The summed E-state index contributed by atoms with van der Waals surface area (Å²) in [5, 5.41) is 0.311. The van der Waals surface area contributed by atoms with Crippen LogP contribution in [0.2, 0.25) is 0 Å². The van der Waals surface area contributed by atoms with E-state index in [0.29, 0.717) is 11.2 Å². The highest BCUT2D eigenvalue weighted by Crippen LogP contribution is 2.52. The van der Waals surface area contributed by atoms with Crippen LogP contribution in [0.25, 0.3) is 0 Å². The van der Waals surface area contributed by atoms with Crippen molar-refractivity contribution in [1.29, 1.82) is 0 Å². The van der Waals surface area contributed by atoms with Crippen LogP contribution < -0.4 is 0 Å². The average Bonchev–Trinajstić information content (AvgIpc) is 3.27. The summed E-state index contributed by atoms with van der Waals surface area (Å²) in [5.74, 6) is 1.53. The van der Waals surface area contributed by atoms with Crippen LogP contribution in [0.15, 0.2) is 120 Å². The highest BCUT2D eigenvalue weighted by Gasteiger charge is 2.35. The molecule has 4 aromatic carbocycles. The maximum Gasteiger partial charge on any atom is 0.0664 e. The van der Waals surface area contributed by atoms with E-state index in [1.165, 1.54) is 22.3 Å². The second kappa shape index (κ2) is 9.36. The lowest BCUT2D eigenvalue weighted by Gasteiger charge is -2.32. The number of thioether (sulfide) groups is 1. The Morgan fingerprint density at radius 3 is 1.94 bits per heavy atom. The fraction of sp³-hybridized carbons (Fsp3) is 0.138. The quantitative estimate of drug-likeness (QED) is 0.296. The molecule has 0 radical (unpaired) electrons. The van der Waals surface area contributed by atoms with Gasteiger partial charge < -0.3 is 0 Å². The van der Waals surface area contributed by atoms with Crippen LogP contribution in [0.3, 0.4) is 0 Å². The van der Waals surface area contributed by atoms with E-state index in [1.807, 2.05) is 11.8 Å². The normalized spacial score (nSPS) is 16.6. The summed E-state index contributed by atoms with van der Waals surface area (Å²) in [6.07, 6.45) is 2.17. The van der Waals surface area contributed by atoms with Gasteiger partial charge in [0.15, 0.2) is 0 Å². The third kappa shape index (κ3) is 4.35. The van der Waals surface area contributed by atoms with Crippen LogP contribution in [0.4, 0.5) is 5.69 Å². The zero-order chi connectivity index (χ0) is 20.9. The summed E-state index contributed by atoms with van der Waals surface area (Å²) in [4.78, 5) is 4.79. The van der Waals surface area contributed by atoms with Crippen molar-refractivity contribution in [2.75, 3.05) is 0 Å². The number of rotatable bonds is 7. The molecule has 4 aromatic rings. The minimum atomic E-state index is 0.257. The summed E-state index contributed by atoms with van der Waals surface area (Å²) < 4.78 is 0. The lowest BCUT2D eigenvalue weighted by atomic mass is 9.78. The standard InChI is InChI=1S/C29H25NS/c1-4-12-22(13-5-1)21-31-29(24-16-8-3-9-17-24)28(23-14-6-2-7-15-23)26-20-30-27-19-11-10-18-25(26)27/h1-20,26,28-29H,21H2/t26?,28-,29+/m1/s1. The molecule has 0 saturated heterocycles. The number of nitrogens with zero attached hydrogens (tertiary/aromatic N) is 1. The van der Waals surface area contributed by atoms with Crippen LogP contribution >= 0.6 is 11.8 Å². The van der Waals surface area contributed by atoms with Gasteiger partial charge in [0.2, 0.25) is 0 Å². The molecule has 31 heavy (non-hydrogen) atoms. The van der Waals surface area contributed by atoms with Crippen molar-refractivity contribution in [1.82, 2.24) is 0 Å². The molecule has 0 aliphatic carbocycles. The molecule has 0 saturated carbocycles. The van der Waals surface area contributed by atoms with Gasteiger partial charge in [0.25, 0.3) is 0 Å². The Balaban J connectivity index is 1.58. The van der Waals surface area contributed by atoms with E-state index in [2.05, 4.69) is 121 Å². The Hall–Kier alpha value is -3.10. The van der Waals surface area contributed by atoms with Gasteiger partial charge in [-0.15, -0.1) is 11.8 Å². The molecule has 1 aliphatic rings. The Morgan fingerprint density at radius 1 is 0.645 bits per heavy atom. The minimum absolute atomic E-state index is 0.257. The summed E-state index contributed by atoms with van der Waals surface area (Å²) in [6, 6.07) is 41.3. The van der Waals surface area contributed by atoms with Gasteiger partial charge in [-0.1, -0.05) is 109 Å². The monoisotopic (exact) mass is 419 g/mol. The number of benzene rings is 4. The topological polar surface area (TPSA) is 12.4 Å². The molecule has 5 rings (SSSR count). The fourth-order valence-electron chi connectivity index (χ4n) is 4.47. The van der Waals surface area contributed by atoms with Crippen LogP contribution in [0, 0.1) is 0 Å². The molecule has 1 unspecified atom stereocenters. The molecule has 0 fully saturated rings.